The molecule has 0 aromatic heterocycles. The summed E-state index contributed by atoms with van der Waals surface area (Å²) in [7, 11) is 0. The van der Waals surface area contributed by atoms with Gasteiger partial charge in [-0.05, 0) is 48.9 Å². The largest absolute Gasteiger partial charge is 0.326 e. The lowest BCUT2D eigenvalue weighted by molar-refractivity contribution is -0.118. The van der Waals surface area contributed by atoms with Crippen LogP contribution in [0.15, 0.2) is 48.5 Å². The van der Waals surface area contributed by atoms with Crippen molar-refractivity contribution in [2.75, 3.05) is 16.8 Å². The zero-order chi connectivity index (χ0) is 17.1. The normalized spacial score (nSPS) is 17.0. The third kappa shape index (κ3) is 3.51. The van der Waals surface area contributed by atoms with Gasteiger partial charge in [0.2, 0.25) is 5.91 Å². The Morgan fingerprint density at radius 1 is 1.08 bits per heavy atom. The number of nitrogens with zero attached hydrogens (tertiary/aromatic N) is 1. The first-order valence-electron chi connectivity index (χ1n) is 7.43. The molecule has 3 rings (SSSR count). The summed E-state index contributed by atoms with van der Waals surface area (Å²) >= 11 is 0. The van der Waals surface area contributed by atoms with E-state index in [1.54, 1.807) is 6.07 Å². The third-order valence-electron chi connectivity index (χ3n) is 3.73. The van der Waals surface area contributed by atoms with Crippen LogP contribution in [0.3, 0.4) is 0 Å². The number of urea groups is 1. The minimum Gasteiger partial charge on any atom is -0.326 e. The standard InChI is InChI=1S/C17H15F2N3O2/c18-11-4-6-14(7-5-11)22-9-8-15(16(22)23)21-17(24)20-13-3-1-2-12(19)10-13/h1-7,10,15H,8-9H2,(H2,20,21,24)/t15-/m1/s1. The van der Waals surface area contributed by atoms with Gasteiger partial charge >= 0.3 is 6.03 Å². The SMILES string of the molecule is O=C(Nc1cccc(F)c1)N[C@@H]1CCN(c2ccc(F)cc2)C1=O. The zero-order valence-electron chi connectivity index (χ0n) is 12.6. The molecule has 0 spiro atoms. The van der Waals surface area contributed by atoms with E-state index in [1.807, 2.05) is 0 Å². The zero-order valence-corrected chi connectivity index (χ0v) is 12.6. The number of amides is 3. The van der Waals surface area contributed by atoms with Crippen molar-refractivity contribution in [2.24, 2.45) is 0 Å². The number of nitrogens with one attached hydrogen (secondary N) is 2. The number of anilines is 2. The van der Waals surface area contributed by atoms with Crippen molar-refractivity contribution in [1.82, 2.24) is 5.32 Å². The first-order chi connectivity index (χ1) is 11.5. The molecular weight excluding hydrogens is 316 g/mol. The minimum atomic E-state index is -0.677. The van der Waals surface area contributed by atoms with E-state index in [4.69, 9.17) is 0 Å². The maximum absolute atomic E-state index is 13.1. The molecule has 2 aromatic carbocycles. The van der Waals surface area contributed by atoms with Gasteiger partial charge < -0.3 is 15.5 Å². The topological polar surface area (TPSA) is 61.4 Å². The molecule has 0 aliphatic carbocycles. The summed E-state index contributed by atoms with van der Waals surface area (Å²) < 4.78 is 26.1. The molecule has 2 aromatic rings. The van der Waals surface area contributed by atoms with Gasteiger partial charge in [0.25, 0.3) is 0 Å². The molecule has 1 heterocycles. The second-order valence-electron chi connectivity index (χ2n) is 5.42. The predicted octanol–water partition coefficient (Wildman–Crippen LogP) is 2.89. The second-order valence-corrected chi connectivity index (χ2v) is 5.42. The maximum Gasteiger partial charge on any atom is 0.319 e. The van der Waals surface area contributed by atoms with Crippen LogP contribution in [0.5, 0.6) is 0 Å². The molecule has 0 bridgehead atoms. The molecule has 0 radical (unpaired) electrons. The Morgan fingerprint density at radius 3 is 2.54 bits per heavy atom. The average Bonchev–Trinajstić information content (AvgIpc) is 2.89. The van der Waals surface area contributed by atoms with Gasteiger partial charge in [-0.3, -0.25) is 4.79 Å². The highest BCUT2D eigenvalue weighted by molar-refractivity contribution is 6.02. The van der Waals surface area contributed by atoms with Gasteiger partial charge in [0.05, 0.1) is 0 Å². The Kier molecular flexibility index (Phi) is 4.41. The molecule has 3 amide bonds. The van der Waals surface area contributed by atoms with E-state index in [0.29, 0.717) is 24.3 Å². The summed E-state index contributed by atoms with van der Waals surface area (Å²) in [5, 5.41) is 5.05. The van der Waals surface area contributed by atoms with Crippen molar-refractivity contribution in [3.05, 3.63) is 60.2 Å². The number of hydrogen-bond acceptors (Lipinski definition) is 2. The summed E-state index contributed by atoms with van der Waals surface area (Å²) in [5.74, 6) is -1.11. The van der Waals surface area contributed by atoms with Gasteiger partial charge in [0.15, 0.2) is 0 Å². The highest BCUT2D eigenvalue weighted by atomic mass is 19.1. The quantitative estimate of drug-likeness (QED) is 0.908. The van der Waals surface area contributed by atoms with E-state index in [0.717, 1.165) is 0 Å². The van der Waals surface area contributed by atoms with Crippen molar-refractivity contribution in [2.45, 2.75) is 12.5 Å². The van der Waals surface area contributed by atoms with Gasteiger partial charge in [0, 0.05) is 17.9 Å². The maximum atomic E-state index is 13.1. The lowest BCUT2D eigenvalue weighted by Crippen LogP contribution is -2.43. The van der Waals surface area contributed by atoms with Crippen LogP contribution in [-0.4, -0.2) is 24.5 Å². The fourth-order valence-corrected chi connectivity index (χ4v) is 2.58. The smallest absolute Gasteiger partial charge is 0.319 e. The molecule has 5 nitrogen and oxygen atoms in total. The number of rotatable bonds is 3. The van der Waals surface area contributed by atoms with Crippen LogP contribution < -0.4 is 15.5 Å². The van der Waals surface area contributed by atoms with Crippen molar-refractivity contribution in [3.63, 3.8) is 0 Å². The van der Waals surface area contributed by atoms with Gasteiger partial charge in [-0.1, -0.05) is 6.07 Å². The van der Waals surface area contributed by atoms with E-state index < -0.39 is 17.9 Å². The molecule has 1 saturated heterocycles. The molecule has 0 unspecified atom stereocenters. The molecule has 1 aliphatic heterocycles. The van der Waals surface area contributed by atoms with Crippen LogP contribution in [0.25, 0.3) is 0 Å². The fraction of sp³-hybridized carbons (Fsp3) is 0.176. The molecule has 0 saturated carbocycles. The first kappa shape index (κ1) is 15.9. The van der Waals surface area contributed by atoms with Crippen molar-refractivity contribution >= 4 is 23.3 Å². The van der Waals surface area contributed by atoms with E-state index in [9.17, 15) is 18.4 Å². The van der Waals surface area contributed by atoms with E-state index >= 15 is 0 Å². The molecule has 7 heteroatoms. The number of carbonyl (C=O) groups excluding carboxylic acids is 2. The Bertz CT molecular complexity index is 765. The highest BCUT2D eigenvalue weighted by Gasteiger charge is 2.33. The molecule has 1 fully saturated rings. The average molecular weight is 331 g/mol. The number of hydrogen-bond donors (Lipinski definition) is 2. The Morgan fingerprint density at radius 2 is 1.83 bits per heavy atom. The van der Waals surface area contributed by atoms with E-state index in [1.165, 1.54) is 47.4 Å². The minimum absolute atomic E-state index is 0.268. The first-order valence-corrected chi connectivity index (χ1v) is 7.43. The van der Waals surface area contributed by atoms with Crippen LogP contribution in [0.2, 0.25) is 0 Å². The fourth-order valence-electron chi connectivity index (χ4n) is 2.58. The van der Waals surface area contributed by atoms with Crippen molar-refractivity contribution in [3.8, 4) is 0 Å². The molecule has 1 aliphatic rings. The van der Waals surface area contributed by atoms with Crippen LogP contribution in [0, 0.1) is 11.6 Å². The predicted molar refractivity (Wildman–Crippen MR) is 85.7 cm³/mol. The van der Waals surface area contributed by atoms with Crippen LogP contribution in [0.1, 0.15) is 6.42 Å². The van der Waals surface area contributed by atoms with E-state index in [-0.39, 0.29) is 11.7 Å². The van der Waals surface area contributed by atoms with Crippen LogP contribution >= 0.6 is 0 Å². The monoisotopic (exact) mass is 331 g/mol. The summed E-state index contributed by atoms with van der Waals surface area (Å²) in [6.45, 7) is 0.426. The Balaban J connectivity index is 1.61. The second kappa shape index (κ2) is 6.66. The van der Waals surface area contributed by atoms with Crippen molar-refractivity contribution in [1.29, 1.82) is 0 Å². The van der Waals surface area contributed by atoms with Crippen LogP contribution in [0.4, 0.5) is 25.0 Å². The highest BCUT2D eigenvalue weighted by Crippen LogP contribution is 2.22. The molecule has 1 atom stereocenters. The van der Waals surface area contributed by atoms with Gasteiger partial charge in [-0.15, -0.1) is 0 Å². The van der Waals surface area contributed by atoms with Crippen molar-refractivity contribution < 1.29 is 18.4 Å². The number of halogens is 2. The number of carbonyl (C=O) groups is 2. The summed E-state index contributed by atoms with van der Waals surface area (Å²) in [6, 6.07) is 9.80. The summed E-state index contributed by atoms with van der Waals surface area (Å²) in [4.78, 5) is 25.8. The Hall–Kier alpha value is -2.96. The van der Waals surface area contributed by atoms with Gasteiger partial charge in [-0.2, -0.15) is 0 Å². The third-order valence-corrected chi connectivity index (χ3v) is 3.73. The molecule has 124 valence electrons. The molecular formula is C17H15F2N3O2. The molecule has 2 N–H and O–H groups in total. The van der Waals surface area contributed by atoms with E-state index in [2.05, 4.69) is 10.6 Å². The Labute approximate surface area is 137 Å². The summed E-state index contributed by atoms with van der Waals surface area (Å²) in [6.07, 6.45) is 0.437. The van der Waals surface area contributed by atoms with Gasteiger partial charge in [0.1, 0.15) is 17.7 Å². The molecule has 24 heavy (non-hydrogen) atoms. The lowest BCUT2D eigenvalue weighted by atomic mass is 10.2. The number of benzene rings is 2. The van der Waals surface area contributed by atoms with Gasteiger partial charge in [-0.25, -0.2) is 13.6 Å². The summed E-state index contributed by atoms with van der Waals surface area (Å²) in [5.41, 5.74) is 0.879. The van der Waals surface area contributed by atoms with Crippen LogP contribution in [-0.2, 0) is 4.79 Å². The lowest BCUT2D eigenvalue weighted by Gasteiger charge is -2.17.